The van der Waals surface area contributed by atoms with Crippen molar-refractivity contribution < 1.29 is 4.43 Å². The van der Waals surface area contributed by atoms with Crippen molar-refractivity contribution >= 4 is 37.3 Å². The highest BCUT2D eigenvalue weighted by molar-refractivity contribution is 8.00. The van der Waals surface area contributed by atoms with Gasteiger partial charge in [0.2, 0.25) is 0 Å². The number of thiocarbonyl (C=S) groups is 1. The molecule has 0 bridgehead atoms. The molecule has 1 saturated heterocycles. The topological polar surface area (TPSA) is 21.3 Å². The maximum Gasteiger partial charge on any atom is 0.192 e. The summed E-state index contributed by atoms with van der Waals surface area (Å²) in [6, 6.07) is 0. The summed E-state index contributed by atoms with van der Waals surface area (Å²) in [5.41, 5.74) is 0. The molecule has 100 valence electrons. The Labute approximate surface area is 116 Å². The molecule has 2 nitrogen and oxygen atoms in total. The summed E-state index contributed by atoms with van der Waals surface area (Å²) in [7, 11) is -1.60. The van der Waals surface area contributed by atoms with E-state index in [1.54, 1.807) is 0 Å². The van der Waals surface area contributed by atoms with E-state index in [-0.39, 0.29) is 0 Å². The van der Waals surface area contributed by atoms with Gasteiger partial charge in [0.25, 0.3) is 0 Å². The lowest BCUT2D eigenvalue weighted by atomic mass is 10.2. The molecule has 0 saturated carbocycles. The molecule has 0 spiro atoms. The third-order valence-electron chi connectivity index (χ3n) is 3.63. The zero-order valence-electron chi connectivity index (χ0n) is 11.6. The van der Waals surface area contributed by atoms with Crippen LogP contribution < -0.4 is 5.32 Å². The largest absolute Gasteiger partial charge is 0.416 e. The van der Waals surface area contributed by atoms with Crippen molar-refractivity contribution in [1.29, 1.82) is 0 Å². The van der Waals surface area contributed by atoms with Gasteiger partial charge in [-0.1, -0.05) is 33.0 Å². The SMILES string of the molecule is CC(C)(C)[Si](C)(C)OC[C@H]1CC(=S)NCCS1. The average molecular weight is 292 g/mol. The van der Waals surface area contributed by atoms with E-state index in [1.807, 2.05) is 11.8 Å². The van der Waals surface area contributed by atoms with Crippen molar-refractivity contribution in [3.63, 3.8) is 0 Å². The third kappa shape index (κ3) is 4.89. The second-order valence-corrected chi connectivity index (χ2v) is 12.8. The van der Waals surface area contributed by atoms with Crippen molar-refractivity contribution in [3.8, 4) is 0 Å². The second kappa shape index (κ2) is 6.04. The lowest BCUT2D eigenvalue weighted by molar-refractivity contribution is 0.289. The number of rotatable bonds is 3. The highest BCUT2D eigenvalue weighted by atomic mass is 32.2. The number of thioether (sulfide) groups is 1. The summed E-state index contributed by atoms with van der Waals surface area (Å²) in [6.07, 6.45) is 0.967. The molecule has 0 aromatic heterocycles. The predicted molar refractivity (Wildman–Crippen MR) is 84.6 cm³/mol. The molecule has 0 aromatic rings. The van der Waals surface area contributed by atoms with Gasteiger partial charge in [-0.25, -0.2) is 0 Å². The van der Waals surface area contributed by atoms with Gasteiger partial charge in [-0.05, 0) is 18.1 Å². The first-order valence-corrected chi connectivity index (χ1v) is 10.6. The van der Waals surface area contributed by atoms with Crippen molar-refractivity contribution in [2.75, 3.05) is 18.9 Å². The molecule has 1 fully saturated rings. The first kappa shape index (κ1) is 15.5. The van der Waals surface area contributed by atoms with Crippen molar-refractivity contribution in [3.05, 3.63) is 0 Å². The van der Waals surface area contributed by atoms with E-state index in [4.69, 9.17) is 16.6 Å². The molecule has 1 aliphatic heterocycles. The molecule has 17 heavy (non-hydrogen) atoms. The summed E-state index contributed by atoms with van der Waals surface area (Å²) >= 11 is 7.27. The fraction of sp³-hybridized carbons (Fsp3) is 0.917. The zero-order valence-corrected chi connectivity index (χ0v) is 14.3. The van der Waals surface area contributed by atoms with Crippen molar-refractivity contribution in [2.24, 2.45) is 0 Å². The smallest absolute Gasteiger partial charge is 0.192 e. The van der Waals surface area contributed by atoms with Gasteiger partial charge in [0, 0.05) is 30.6 Å². The van der Waals surface area contributed by atoms with Crippen LogP contribution in [0.2, 0.25) is 18.1 Å². The van der Waals surface area contributed by atoms with Crippen LogP contribution in [-0.4, -0.2) is 37.5 Å². The third-order valence-corrected chi connectivity index (χ3v) is 9.65. The molecule has 1 rings (SSSR count). The Bertz CT molecular complexity index is 276. The van der Waals surface area contributed by atoms with Crippen LogP contribution in [0, 0.1) is 0 Å². The molecule has 1 atom stereocenters. The van der Waals surface area contributed by atoms with Crippen LogP contribution in [0.25, 0.3) is 0 Å². The molecule has 0 radical (unpaired) electrons. The van der Waals surface area contributed by atoms with Crippen LogP contribution in [0.4, 0.5) is 0 Å². The van der Waals surface area contributed by atoms with Gasteiger partial charge in [0.15, 0.2) is 8.32 Å². The van der Waals surface area contributed by atoms with Crippen LogP contribution in [0.3, 0.4) is 0 Å². The lowest BCUT2D eigenvalue weighted by Crippen LogP contribution is -2.42. The zero-order chi connectivity index (χ0) is 13.1. The Balaban J connectivity index is 2.46. The van der Waals surface area contributed by atoms with Gasteiger partial charge in [0.05, 0.1) is 4.99 Å². The van der Waals surface area contributed by atoms with Gasteiger partial charge in [0.1, 0.15) is 0 Å². The van der Waals surface area contributed by atoms with E-state index in [1.165, 1.54) is 0 Å². The van der Waals surface area contributed by atoms with E-state index in [9.17, 15) is 0 Å². The number of hydrogen-bond acceptors (Lipinski definition) is 3. The van der Waals surface area contributed by atoms with Crippen LogP contribution in [-0.2, 0) is 4.43 Å². The van der Waals surface area contributed by atoms with Crippen LogP contribution >= 0.6 is 24.0 Å². The van der Waals surface area contributed by atoms with Crippen molar-refractivity contribution in [2.45, 2.75) is 50.6 Å². The summed E-state index contributed by atoms with van der Waals surface area (Å²) < 4.78 is 6.27. The van der Waals surface area contributed by atoms with Gasteiger partial charge < -0.3 is 9.74 Å². The molecule has 0 amide bonds. The number of hydrogen-bond donors (Lipinski definition) is 1. The van der Waals surface area contributed by atoms with Gasteiger partial charge in [-0.2, -0.15) is 11.8 Å². The monoisotopic (exact) mass is 291 g/mol. The Hall–Kier alpha value is 0.417. The van der Waals surface area contributed by atoms with E-state index >= 15 is 0 Å². The van der Waals surface area contributed by atoms with E-state index in [0.717, 1.165) is 30.3 Å². The summed E-state index contributed by atoms with van der Waals surface area (Å²) in [5.74, 6) is 1.13. The standard InChI is InChI=1S/C12H25NOS2Si/c1-12(2,3)17(4,5)14-9-10-8-11(15)13-6-7-16-10/h10H,6-9H2,1-5H3,(H,13,15)/t10-/m1/s1. The molecule has 1 N–H and O–H groups in total. The maximum atomic E-state index is 6.27. The summed E-state index contributed by atoms with van der Waals surface area (Å²) in [5, 5.41) is 4.09. The minimum absolute atomic E-state index is 0.293. The van der Waals surface area contributed by atoms with Gasteiger partial charge in [-0.3, -0.25) is 0 Å². The molecule has 0 unspecified atom stereocenters. The molecular weight excluding hydrogens is 266 g/mol. The predicted octanol–water partition coefficient (Wildman–Crippen LogP) is 3.43. The average Bonchev–Trinajstić information content (AvgIpc) is 2.38. The molecule has 0 aromatic carbocycles. The number of nitrogens with one attached hydrogen (secondary N) is 1. The highest BCUT2D eigenvalue weighted by Gasteiger charge is 2.37. The molecular formula is C12H25NOS2Si. The van der Waals surface area contributed by atoms with E-state index < -0.39 is 8.32 Å². The molecule has 0 aliphatic carbocycles. The molecule has 1 aliphatic rings. The van der Waals surface area contributed by atoms with Gasteiger partial charge >= 0.3 is 0 Å². The van der Waals surface area contributed by atoms with Crippen LogP contribution in [0.5, 0.6) is 0 Å². The van der Waals surface area contributed by atoms with Gasteiger partial charge in [-0.15, -0.1) is 0 Å². The fourth-order valence-electron chi connectivity index (χ4n) is 1.38. The maximum absolute atomic E-state index is 6.27. The Morgan fingerprint density at radius 3 is 2.71 bits per heavy atom. The quantitative estimate of drug-likeness (QED) is 0.635. The Morgan fingerprint density at radius 2 is 2.12 bits per heavy atom. The minimum atomic E-state index is -1.60. The normalized spacial score (nSPS) is 23.1. The van der Waals surface area contributed by atoms with E-state index in [0.29, 0.717) is 10.3 Å². The Morgan fingerprint density at radius 1 is 1.47 bits per heavy atom. The fourth-order valence-corrected chi connectivity index (χ4v) is 3.96. The van der Waals surface area contributed by atoms with Crippen LogP contribution in [0.1, 0.15) is 27.2 Å². The second-order valence-electron chi connectivity index (χ2n) is 6.12. The lowest BCUT2D eigenvalue weighted by Gasteiger charge is -2.37. The molecule has 1 heterocycles. The first-order valence-electron chi connectivity index (χ1n) is 6.24. The summed E-state index contributed by atoms with van der Waals surface area (Å²) in [6.45, 7) is 13.3. The highest BCUT2D eigenvalue weighted by Crippen LogP contribution is 2.37. The first-order chi connectivity index (χ1) is 7.72. The molecule has 5 heteroatoms. The van der Waals surface area contributed by atoms with Crippen molar-refractivity contribution in [1.82, 2.24) is 5.32 Å². The van der Waals surface area contributed by atoms with Crippen LogP contribution in [0.15, 0.2) is 0 Å². The van der Waals surface area contributed by atoms with E-state index in [2.05, 4.69) is 39.2 Å². The Kier molecular flexibility index (Phi) is 5.50. The minimum Gasteiger partial charge on any atom is -0.416 e. The summed E-state index contributed by atoms with van der Waals surface area (Å²) in [4.78, 5) is 0.999.